The molecule has 0 spiro atoms. The molecule has 3 N–H and O–H groups in total. The molecular formula is C17H15N3O3. The smallest absolute Gasteiger partial charge is 0.327 e. The Balaban J connectivity index is 2.03. The Morgan fingerprint density at radius 3 is 2.52 bits per heavy atom. The number of H-pyrrole nitrogens is 2. The number of allylic oxidation sites excluding steroid dienone is 2. The Kier molecular flexibility index (Phi) is 3.04. The normalized spacial score (nSPS) is 19.8. The minimum Gasteiger partial charge on any atom is -0.344 e. The van der Waals surface area contributed by atoms with E-state index < -0.39 is 17.2 Å². The number of aromatic amines is 2. The van der Waals surface area contributed by atoms with Crippen molar-refractivity contribution in [2.75, 3.05) is 5.32 Å². The summed E-state index contributed by atoms with van der Waals surface area (Å²) in [6.45, 7) is 0. The number of Topliss-reactive ketones (excluding diaryl/α,β-unsaturated/α-hetero) is 1. The molecule has 1 aromatic carbocycles. The van der Waals surface area contributed by atoms with Crippen LogP contribution in [-0.4, -0.2) is 15.8 Å². The first-order valence-electron chi connectivity index (χ1n) is 7.60. The summed E-state index contributed by atoms with van der Waals surface area (Å²) in [5.41, 5.74) is 1.70. The minimum absolute atomic E-state index is 0.0591. The largest absolute Gasteiger partial charge is 0.344 e. The molecule has 6 nitrogen and oxygen atoms in total. The second-order valence-electron chi connectivity index (χ2n) is 5.83. The summed E-state index contributed by atoms with van der Waals surface area (Å²) in [7, 11) is 0. The minimum atomic E-state index is -0.556. The van der Waals surface area contributed by atoms with Gasteiger partial charge < -0.3 is 5.32 Å². The van der Waals surface area contributed by atoms with E-state index >= 15 is 0 Å². The van der Waals surface area contributed by atoms with Gasteiger partial charge in [0.2, 0.25) is 0 Å². The van der Waals surface area contributed by atoms with Gasteiger partial charge in [0.05, 0.1) is 5.56 Å². The number of fused-ring (bicyclic) bond motifs is 1. The maximum Gasteiger partial charge on any atom is 0.327 e. The average molecular weight is 309 g/mol. The Bertz CT molecular complexity index is 938. The van der Waals surface area contributed by atoms with Crippen LogP contribution in [0.25, 0.3) is 0 Å². The van der Waals surface area contributed by atoms with Crippen molar-refractivity contribution in [3.63, 3.8) is 0 Å². The van der Waals surface area contributed by atoms with Crippen LogP contribution in [0.2, 0.25) is 0 Å². The molecule has 1 aliphatic heterocycles. The SMILES string of the molecule is O=C1CCCC2=C1C(c1ccccc1)c1c([nH]c(=O)[nH]c1=O)N2. The third-order valence-corrected chi connectivity index (χ3v) is 4.42. The second-order valence-corrected chi connectivity index (χ2v) is 5.83. The lowest BCUT2D eigenvalue weighted by atomic mass is 9.76. The number of hydrogen-bond acceptors (Lipinski definition) is 4. The third-order valence-electron chi connectivity index (χ3n) is 4.42. The van der Waals surface area contributed by atoms with E-state index in [0.717, 1.165) is 24.1 Å². The van der Waals surface area contributed by atoms with Gasteiger partial charge >= 0.3 is 5.69 Å². The van der Waals surface area contributed by atoms with Crippen molar-refractivity contribution in [2.24, 2.45) is 0 Å². The van der Waals surface area contributed by atoms with E-state index in [0.29, 0.717) is 23.4 Å². The molecule has 0 saturated heterocycles. The fraction of sp³-hybridized carbons (Fsp3) is 0.235. The molecule has 0 saturated carbocycles. The van der Waals surface area contributed by atoms with Crippen LogP contribution in [0.3, 0.4) is 0 Å². The summed E-state index contributed by atoms with van der Waals surface area (Å²) in [5.74, 6) is 0.000700. The summed E-state index contributed by atoms with van der Waals surface area (Å²) in [4.78, 5) is 41.4. The van der Waals surface area contributed by atoms with Gasteiger partial charge in [-0.25, -0.2) is 4.79 Å². The first-order chi connectivity index (χ1) is 11.1. The lowest BCUT2D eigenvalue weighted by Crippen LogP contribution is -2.36. The highest BCUT2D eigenvalue weighted by Crippen LogP contribution is 2.42. The van der Waals surface area contributed by atoms with Crippen LogP contribution in [0.15, 0.2) is 51.2 Å². The van der Waals surface area contributed by atoms with Crippen molar-refractivity contribution in [3.05, 3.63) is 73.6 Å². The molecule has 0 radical (unpaired) electrons. The first-order valence-corrected chi connectivity index (χ1v) is 7.60. The van der Waals surface area contributed by atoms with Crippen molar-refractivity contribution < 1.29 is 4.79 Å². The van der Waals surface area contributed by atoms with E-state index in [2.05, 4.69) is 15.3 Å². The standard InChI is InChI=1S/C17H15N3O3/c21-11-8-4-7-10-13(11)12(9-5-2-1-3-6-9)14-15(18-10)19-17(23)20-16(14)22/h1-3,5-6,12H,4,7-8H2,(H3,18,19,20,22,23). The van der Waals surface area contributed by atoms with Crippen LogP contribution in [0.1, 0.15) is 36.3 Å². The van der Waals surface area contributed by atoms with E-state index in [-0.39, 0.29) is 5.78 Å². The van der Waals surface area contributed by atoms with Crippen molar-refractivity contribution >= 4 is 11.6 Å². The van der Waals surface area contributed by atoms with Crippen molar-refractivity contribution in [3.8, 4) is 0 Å². The fourth-order valence-corrected chi connectivity index (χ4v) is 3.47. The molecule has 2 aliphatic rings. The quantitative estimate of drug-likeness (QED) is 0.746. The van der Waals surface area contributed by atoms with Gasteiger partial charge in [0, 0.05) is 23.6 Å². The Labute approximate surface area is 131 Å². The van der Waals surface area contributed by atoms with Crippen LogP contribution in [-0.2, 0) is 4.79 Å². The van der Waals surface area contributed by atoms with Gasteiger partial charge in [-0.15, -0.1) is 0 Å². The van der Waals surface area contributed by atoms with Crippen LogP contribution in [0.5, 0.6) is 0 Å². The molecule has 0 fully saturated rings. The third kappa shape index (κ3) is 2.14. The molecule has 116 valence electrons. The monoisotopic (exact) mass is 309 g/mol. The number of nitrogens with one attached hydrogen (secondary N) is 3. The van der Waals surface area contributed by atoms with Crippen LogP contribution >= 0.6 is 0 Å². The summed E-state index contributed by atoms with van der Waals surface area (Å²) in [5, 5.41) is 3.09. The number of hydrogen-bond donors (Lipinski definition) is 3. The van der Waals surface area contributed by atoms with E-state index in [1.807, 2.05) is 30.3 Å². The Hall–Kier alpha value is -2.89. The van der Waals surface area contributed by atoms with E-state index in [9.17, 15) is 14.4 Å². The predicted molar refractivity (Wildman–Crippen MR) is 85.5 cm³/mol. The summed E-state index contributed by atoms with van der Waals surface area (Å²) >= 11 is 0. The molecule has 1 unspecified atom stereocenters. The summed E-state index contributed by atoms with van der Waals surface area (Å²) < 4.78 is 0. The van der Waals surface area contributed by atoms with Gasteiger partial charge in [-0.2, -0.15) is 0 Å². The van der Waals surface area contributed by atoms with E-state index in [1.54, 1.807) is 0 Å². The lowest BCUT2D eigenvalue weighted by molar-refractivity contribution is -0.116. The van der Waals surface area contributed by atoms with E-state index in [1.165, 1.54) is 0 Å². The molecule has 6 heteroatoms. The van der Waals surface area contributed by atoms with Gasteiger partial charge in [-0.3, -0.25) is 19.6 Å². The summed E-state index contributed by atoms with van der Waals surface area (Å²) in [6, 6.07) is 9.45. The van der Waals surface area contributed by atoms with Crippen LogP contribution in [0, 0.1) is 0 Å². The number of ketones is 1. The van der Waals surface area contributed by atoms with Gasteiger partial charge in [-0.1, -0.05) is 30.3 Å². The second kappa shape index (κ2) is 5.08. The molecule has 2 heterocycles. The van der Waals surface area contributed by atoms with Gasteiger partial charge in [0.1, 0.15) is 5.82 Å². The molecule has 0 bridgehead atoms. The highest BCUT2D eigenvalue weighted by atomic mass is 16.2. The number of benzene rings is 1. The van der Waals surface area contributed by atoms with Crippen molar-refractivity contribution in [1.29, 1.82) is 0 Å². The topological polar surface area (TPSA) is 94.8 Å². The zero-order chi connectivity index (χ0) is 16.0. The fourth-order valence-electron chi connectivity index (χ4n) is 3.47. The number of aromatic nitrogens is 2. The average Bonchev–Trinajstić information content (AvgIpc) is 2.54. The number of carbonyl (C=O) groups is 1. The summed E-state index contributed by atoms with van der Waals surface area (Å²) in [6.07, 6.45) is 1.99. The highest BCUT2D eigenvalue weighted by molar-refractivity contribution is 6.00. The number of anilines is 1. The number of carbonyl (C=O) groups excluding carboxylic acids is 1. The molecule has 1 aliphatic carbocycles. The van der Waals surface area contributed by atoms with E-state index in [4.69, 9.17) is 0 Å². The predicted octanol–water partition coefficient (Wildman–Crippen LogP) is 1.63. The number of rotatable bonds is 1. The highest BCUT2D eigenvalue weighted by Gasteiger charge is 2.37. The molecule has 1 aromatic heterocycles. The van der Waals surface area contributed by atoms with Crippen molar-refractivity contribution in [1.82, 2.24) is 9.97 Å². The zero-order valence-electron chi connectivity index (χ0n) is 12.3. The lowest BCUT2D eigenvalue weighted by Gasteiger charge is -2.32. The van der Waals surface area contributed by atoms with Gasteiger partial charge in [0.15, 0.2) is 5.78 Å². The molecular weight excluding hydrogens is 294 g/mol. The maximum atomic E-state index is 12.5. The van der Waals surface area contributed by atoms with Gasteiger partial charge in [0.25, 0.3) is 5.56 Å². The molecule has 1 atom stereocenters. The van der Waals surface area contributed by atoms with Crippen molar-refractivity contribution in [2.45, 2.75) is 25.2 Å². The zero-order valence-corrected chi connectivity index (χ0v) is 12.3. The van der Waals surface area contributed by atoms with Gasteiger partial charge in [-0.05, 0) is 18.4 Å². The first kappa shape index (κ1) is 13.8. The Morgan fingerprint density at radius 1 is 0.957 bits per heavy atom. The molecule has 0 amide bonds. The maximum absolute atomic E-state index is 12.5. The molecule has 2 aromatic rings. The Morgan fingerprint density at radius 2 is 1.74 bits per heavy atom. The van der Waals surface area contributed by atoms with Crippen LogP contribution in [0.4, 0.5) is 5.82 Å². The molecule has 23 heavy (non-hydrogen) atoms. The molecule has 4 rings (SSSR count). The van der Waals surface area contributed by atoms with Crippen LogP contribution < -0.4 is 16.6 Å².